The van der Waals surface area contributed by atoms with Crippen LogP contribution in [0.5, 0.6) is 11.5 Å². The van der Waals surface area contributed by atoms with Crippen molar-refractivity contribution in [1.82, 2.24) is 9.97 Å². The predicted molar refractivity (Wildman–Crippen MR) is 67.3 cm³/mol. The molecule has 1 aromatic carbocycles. The fourth-order valence-electron chi connectivity index (χ4n) is 1.96. The standard InChI is InChI=1S/C14H10F2N2O/c1-8-7-18-14-12(8)11(5-6-17-14)19-13-9(15)3-2-4-10(13)16/h2-7H,1H3,(H,17,18). The number of H-pyrrole nitrogens is 1. The molecule has 96 valence electrons. The van der Waals surface area contributed by atoms with Gasteiger partial charge in [-0.3, -0.25) is 0 Å². The third-order valence-corrected chi connectivity index (χ3v) is 2.86. The quantitative estimate of drug-likeness (QED) is 0.757. The third-order valence-electron chi connectivity index (χ3n) is 2.86. The molecule has 0 aliphatic rings. The highest BCUT2D eigenvalue weighted by Gasteiger charge is 2.14. The lowest BCUT2D eigenvalue weighted by Gasteiger charge is -2.09. The number of nitrogens with zero attached hydrogens (tertiary/aromatic N) is 1. The van der Waals surface area contributed by atoms with Crippen LogP contribution >= 0.6 is 0 Å². The molecule has 3 aromatic rings. The van der Waals surface area contributed by atoms with Gasteiger partial charge in [0.1, 0.15) is 11.4 Å². The molecule has 0 amide bonds. The van der Waals surface area contributed by atoms with Crippen LogP contribution in [-0.4, -0.2) is 9.97 Å². The molecule has 0 aliphatic heterocycles. The Bertz CT molecular complexity index is 732. The van der Waals surface area contributed by atoms with Crippen LogP contribution in [0.3, 0.4) is 0 Å². The number of hydrogen-bond acceptors (Lipinski definition) is 2. The minimum absolute atomic E-state index is 0.368. The minimum Gasteiger partial charge on any atom is -0.450 e. The maximum atomic E-state index is 13.6. The zero-order valence-electron chi connectivity index (χ0n) is 10.1. The molecule has 0 aliphatic carbocycles. The fraction of sp³-hybridized carbons (Fsp3) is 0.0714. The fourth-order valence-corrected chi connectivity index (χ4v) is 1.96. The van der Waals surface area contributed by atoms with E-state index in [1.54, 1.807) is 12.3 Å². The number of pyridine rings is 1. The van der Waals surface area contributed by atoms with Crippen LogP contribution in [0.25, 0.3) is 11.0 Å². The Balaban J connectivity index is 2.13. The number of halogens is 2. The van der Waals surface area contributed by atoms with Crippen LogP contribution < -0.4 is 4.74 Å². The average molecular weight is 260 g/mol. The van der Waals surface area contributed by atoms with Gasteiger partial charge in [-0.2, -0.15) is 0 Å². The van der Waals surface area contributed by atoms with Crippen LogP contribution in [0.15, 0.2) is 36.7 Å². The van der Waals surface area contributed by atoms with Crippen LogP contribution in [0, 0.1) is 18.6 Å². The van der Waals surface area contributed by atoms with Crippen molar-refractivity contribution in [2.75, 3.05) is 0 Å². The Labute approximate surface area is 107 Å². The van der Waals surface area contributed by atoms with E-state index >= 15 is 0 Å². The second-order valence-electron chi connectivity index (χ2n) is 4.16. The van der Waals surface area contributed by atoms with Crippen LogP contribution in [0.1, 0.15) is 5.56 Å². The van der Waals surface area contributed by atoms with Crippen LogP contribution in [-0.2, 0) is 0 Å². The van der Waals surface area contributed by atoms with E-state index in [-0.39, 0.29) is 0 Å². The van der Waals surface area contributed by atoms with Crippen molar-refractivity contribution < 1.29 is 13.5 Å². The molecule has 0 spiro atoms. The minimum atomic E-state index is -0.738. The lowest BCUT2D eigenvalue weighted by Crippen LogP contribution is -1.93. The molecule has 1 N–H and O–H groups in total. The highest BCUT2D eigenvalue weighted by Crippen LogP contribution is 2.33. The summed E-state index contributed by atoms with van der Waals surface area (Å²) in [6.45, 7) is 1.87. The highest BCUT2D eigenvalue weighted by atomic mass is 19.1. The first-order valence-corrected chi connectivity index (χ1v) is 5.71. The van der Waals surface area contributed by atoms with Gasteiger partial charge in [0.2, 0.25) is 0 Å². The molecule has 0 saturated carbocycles. The normalized spacial score (nSPS) is 10.9. The van der Waals surface area contributed by atoms with E-state index < -0.39 is 17.4 Å². The number of aromatic amines is 1. The zero-order chi connectivity index (χ0) is 13.4. The second-order valence-corrected chi connectivity index (χ2v) is 4.16. The van der Waals surface area contributed by atoms with Gasteiger partial charge in [0.15, 0.2) is 17.4 Å². The van der Waals surface area contributed by atoms with Crippen molar-refractivity contribution in [2.45, 2.75) is 6.92 Å². The van der Waals surface area contributed by atoms with E-state index in [9.17, 15) is 8.78 Å². The number of nitrogens with one attached hydrogen (secondary N) is 1. The zero-order valence-corrected chi connectivity index (χ0v) is 10.1. The van der Waals surface area contributed by atoms with Gasteiger partial charge < -0.3 is 9.72 Å². The smallest absolute Gasteiger partial charge is 0.198 e. The summed E-state index contributed by atoms with van der Waals surface area (Å²) < 4.78 is 32.5. The third kappa shape index (κ3) is 1.93. The van der Waals surface area contributed by atoms with Gasteiger partial charge in [0.25, 0.3) is 0 Å². The summed E-state index contributed by atoms with van der Waals surface area (Å²) in [6.07, 6.45) is 3.29. The first-order chi connectivity index (χ1) is 9.16. The van der Waals surface area contributed by atoms with E-state index in [2.05, 4.69) is 9.97 Å². The Morgan fingerprint density at radius 3 is 2.63 bits per heavy atom. The predicted octanol–water partition coefficient (Wildman–Crippen LogP) is 3.94. The van der Waals surface area contributed by atoms with Crippen molar-refractivity contribution in [2.24, 2.45) is 0 Å². The molecular formula is C14H10F2N2O. The Morgan fingerprint density at radius 1 is 1.16 bits per heavy atom. The molecule has 0 bridgehead atoms. The summed E-state index contributed by atoms with van der Waals surface area (Å²) in [5.74, 6) is -1.51. The van der Waals surface area contributed by atoms with Crippen LogP contribution in [0.2, 0.25) is 0 Å². The molecule has 0 radical (unpaired) electrons. The van der Waals surface area contributed by atoms with Gasteiger partial charge in [-0.25, -0.2) is 13.8 Å². The van der Waals surface area contributed by atoms with Crippen LogP contribution in [0.4, 0.5) is 8.78 Å². The number of aromatic nitrogens is 2. The summed E-state index contributed by atoms with van der Waals surface area (Å²) in [5, 5.41) is 0.713. The number of fused-ring (bicyclic) bond motifs is 1. The summed E-state index contributed by atoms with van der Waals surface area (Å²) in [7, 11) is 0. The van der Waals surface area contributed by atoms with E-state index in [0.29, 0.717) is 16.8 Å². The molecule has 0 unspecified atom stereocenters. The van der Waals surface area contributed by atoms with E-state index in [1.165, 1.54) is 12.3 Å². The van der Waals surface area contributed by atoms with Gasteiger partial charge in [-0.15, -0.1) is 0 Å². The van der Waals surface area contributed by atoms with Gasteiger partial charge in [-0.05, 0) is 30.7 Å². The largest absolute Gasteiger partial charge is 0.450 e. The van der Waals surface area contributed by atoms with Crippen molar-refractivity contribution in [3.63, 3.8) is 0 Å². The Kier molecular flexibility index (Phi) is 2.67. The summed E-state index contributed by atoms with van der Waals surface area (Å²) >= 11 is 0. The molecule has 2 heterocycles. The number of aryl methyl sites for hydroxylation is 1. The molecule has 0 saturated heterocycles. The first kappa shape index (κ1) is 11.6. The van der Waals surface area contributed by atoms with E-state index in [0.717, 1.165) is 17.7 Å². The van der Waals surface area contributed by atoms with Crippen molar-refractivity contribution >= 4 is 11.0 Å². The molecule has 0 fully saturated rings. The summed E-state index contributed by atoms with van der Waals surface area (Å²) in [5.41, 5.74) is 1.52. The molecule has 2 aromatic heterocycles. The summed E-state index contributed by atoms with van der Waals surface area (Å²) in [6, 6.07) is 5.18. The number of ether oxygens (including phenoxy) is 1. The number of para-hydroxylation sites is 1. The maximum Gasteiger partial charge on any atom is 0.198 e. The molecule has 5 heteroatoms. The lowest BCUT2D eigenvalue weighted by molar-refractivity contribution is 0.410. The van der Waals surface area contributed by atoms with Gasteiger partial charge in [0, 0.05) is 12.4 Å². The second kappa shape index (κ2) is 4.35. The van der Waals surface area contributed by atoms with E-state index in [1.807, 2.05) is 6.92 Å². The topological polar surface area (TPSA) is 37.9 Å². The molecule has 3 rings (SSSR count). The first-order valence-electron chi connectivity index (χ1n) is 5.71. The number of rotatable bonds is 2. The maximum absolute atomic E-state index is 13.6. The summed E-state index contributed by atoms with van der Waals surface area (Å²) in [4.78, 5) is 7.09. The molecule has 3 nitrogen and oxygen atoms in total. The van der Waals surface area contributed by atoms with Gasteiger partial charge >= 0.3 is 0 Å². The SMILES string of the molecule is Cc1c[nH]c2nccc(Oc3c(F)cccc3F)c12. The number of benzene rings is 1. The van der Waals surface area contributed by atoms with Gasteiger partial charge in [-0.1, -0.05) is 6.07 Å². The number of hydrogen-bond donors (Lipinski definition) is 1. The molecular weight excluding hydrogens is 250 g/mol. The molecule has 0 atom stereocenters. The van der Waals surface area contributed by atoms with Crippen molar-refractivity contribution in [1.29, 1.82) is 0 Å². The monoisotopic (exact) mass is 260 g/mol. The Hall–Kier alpha value is -2.43. The average Bonchev–Trinajstić information content (AvgIpc) is 2.77. The van der Waals surface area contributed by atoms with E-state index in [4.69, 9.17) is 4.74 Å². The highest BCUT2D eigenvalue weighted by molar-refractivity contribution is 5.86. The van der Waals surface area contributed by atoms with Crippen molar-refractivity contribution in [3.8, 4) is 11.5 Å². The van der Waals surface area contributed by atoms with Gasteiger partial charge in [0.05, 0.1) is 5.39 Å². The lowest BCUT2D eigenvalue weighted by atomic mass is 10.2. The Morgan fingerprint density at radius 2 is 1.89 bits per heavy atom. The molecule has 19 heavy (non-hydrogen) atoms. The van der Waals surface area contributed by atoms with Crippen molar-refractivity contribution in [3.05, 3.63) is 53.9 Å².